The predicted molar refractivity (Wildman–Crippen MR) is 73.7 cm³/mol. The van der Waals surface area contributed by atoms with Crippen LogP contribution in [-0.4, -0.2) is 33.1 Å². The van der Waals surface area contributed by atoms with Crippen LogP contribution in [0, 0.1) is 5.92 Å². The summed E-state index contributed by atoms with van der Waals surface area (Å²) in [4.78, 5) is 13.9. The van der Waals surface area contributed by atoms with Crippen LogP contribution in [0.25, 0.3) is 0 Å². The van der Waals surface area contributed by atoms with E-state index in [0.717, 1.165) is 13.0 Å². The Labute approximate surface area is 108 Å². The summed E-state index contributed by atoms with van der Waals surface area (Å²) in [5, 5.41) is 2.67. The van der Waals surface area contributed by atoms with Crippen molar-refractivity contribution in [2.24, 2.45) is 11.7 Å². The summed E-state index contributed by atoms with van der Waals surface area (Å²) in [6, 6.07) is 6.46. The van der Waals surface area contributed by atoms with E-state index in [-0.39, 0.29) is 11.8 Å². The molecule has 1 aliphatic rings. The lowest BCUT2D eigenvalue weighted by Crippen LogP contribution is -2.34. The van der Waals surface area contributed by atoms with Crippen LogP contribution in [0.4, 0.5) is 5.69 Å². The van der Waals surface area contributed by atoms with Gasteiger partial charge in [-0.25, -0.2) is 0 Å². The van der Waals surface area contributed by atoms with E-state index in [1.54, 1.807) is 7.05 Å². The van der Waals surface area contributed by atoms with Crippen molar-refractivity contribution in [1.29, 1.82) is 0 Å². The van der Waals surface area contributed by atoms with Crippen molar-refractivity contribution < 1.29 is 4.79 Å². The van der Waals surface area contributed by atoms with Gasteiger partial charge in [-0.05, 0) is 30.0 Å². The molecule has 1 unspecified atom stereocenters. The normalized spacial score (nSPS) is 15.4. The number of nitrogens with one attached hydrogen (secondary N) is 1. The van der Waals surface area contributed by atoms with Gasteiger partial charge in [-0.15, -0.1) is 0 Å². The highest BCUT2D eigenvalue weighted by Gasteiger charge is 2.19. The molecule has 2 rings (SSSR count). The third-order valence-electron chi connectivity index (χ3n) is 3.66. The number of rotatable bonds is 4. The molecule has 1 amide bonds. The van der Waals surface area contributed by atoms with Gasteiger partial charge in [-0.3, -0.25) is 4.79 Å². The number of carbonyl (C=O) groups excluding carboxylic acids is 1. The summed E-state index contributed by atoms with van der Waals surface area (Å²) in [7, 11) is 3.77. The van der Waals surface area contributed by atoms with Gasteiger partial charge in [0.1, 0.15) is 0 Å². The van der Waals surface area contributed by atoms with Crippen molar-refractivity contribution in [3.8, 4) is 0 Å². The van der Waals surface area contributed by atoms with E-state index in [2.05, 4.69) is 35.5 Å². The largest absolute Gasteiger partial charge is 0.374 e. The number of likely N-dealkylation sites (N-methyl/N-ethyl adjacent to an activating group) is 1. The molecule has 1 atom stereocenters. The predicted octanol–water partition coefficient (Wildman–Crippen LogP) is 0.542. The third kappa shape index (κ3) is 2.48. The number of carbonyl (C=O) groups is 1. The van der Waals surface area contributed by atoms with Gasteiger partial charge in [0, 0.05) is 32.9 Å². The van der Waals surface area contributed by atoms with Crippen molar-refractivity contribution in [2.75, 3.05) is 32.1 Å². The van der Waals surface area contributed by atoms with Crippen LogP contribution in [0.2, 0.25) is 0 Å². The zero-order valence-electron chi connectivity index (χ0n) is 11.1. The highest BCUT2D eigenvalue weighted by molar-refractivity contribution is 5.78. The summed E-state index contributed by atoms with van der Waals surface area (Å²) in [6.07, 6.45) is 1.81. The van der Waals surface area contributed by atoms with Crippen molar-refractivity contribution in [1.82, 2.24) is 5.32 Å². The van der Waals surface area contributed by atoms with Crippen LogP contribution in [0.3, 0.4) is 0 Å². The minimum atomic E-state index is -0.132. The summed E-state index contributed by atoms with van der Waals surface area (Å²) in [5.41, 5.74) is 9.55. The van der Waals surface area contributed by atoms with Gasteiger partial charge in [0.15, 0.2) is 0 Å². The zero-order valence-corrected chi connectivity index (χ0v) is 11.1. The molecule has 1 aromatic carbocycles. The number of fused-ring (bicyclic) bond motifs is 1. The minimum absolute atomic E-state index is 0.0233. The Bertz CT molecular complexity index is 445. The van der Waals surface area contributed by atoms with E-state index in [1.807, 2.05) is 0 Å². The Kier molecular flexibility index (Phi) is 3.87. The molecule has 98 valence electrons. The lowest BCUT2D eigenvalue weighted by atomic mass is 9.96. The summed E-state index contributed by atoms with van der Waals surface area (Å²) >= 11 is 0. The fourth-order valence-electron chi connectivity index (χ4n) is 2.52. The van der Waals surface area contributed by atoms with E-state index in [0.29, 0.717) is 13.0 Å². The molecule has 3 N–H and O–H groups in total. The molecule has 0 aromatic heterocycles. The van der Waals surface area contributed by atoms with Crippen LogP contribution in [0.1, 0.15) is 11.1 Å². The van der Waals surface area contributed by atoms with E-state index in [1.165, 1.54) is 16.8 Å². The summed E-state index contributed by atoms with van der Waals surface area (Å²) < 4.78 is 0. The molecule has 0 radical (unpaired) electrons. The van der Waals surface area contributed by atoms with Crippen LogP contribution in [0.5, 0.6) is 0 Å². The number of benzene rings is 1. The first-order valence-electron chi connectivity index (χ1n) is 6.40. The first-order chi connectivity index (χ1) is 8.65. The molecule has 0 saturated carbocycles. The molecule has 0 aliphatic carbocycles. The maximum absolute atomic E-state index is 11.6. The number of nitrogens with two attached hydrogens (primary N) is 1. The summed E-state index contributed by atoms with van der Waals surface area (Å²) in [6.45, 7) is 1.46. The molecule has 1 aliphatic heterocycles. The third-order valence-corrected chi connectivity index (χ3v) is 3.66. The van der Waals surface area contributed by atoms with Crippen molar-refractivity contribution in [3.05, 3.63) is 29.3 Å². The molecule has 18 heavy (non-hydrogen) atoms. The molecule has 4 heteroatoms. The molecule has 0 fully saturated rings. The second kappa shape index (κ2) is 5.40. The Balaban J connectivity index is 2.13. The molecular formula is C14H21N3O. The van der Waals surface area contributed by atoms with E-state index in [4.69, 9.17) is 5.73 Å². The Hall–Kier alpha value is -1.55. The fourth-order valence-corrected chi connectivity index (χ4v) is 2.52. The van der Waals surface area contributed by atoms with Gasteiger partial charge in [-0.1, -0.05) is 12.1 Å². The average molecular weight is 247 g/mol. The maximum atomic E-state index is 11.6. The smallest absolute Gasteiger partial charge is 0.224 e. The first kappa shape index (κ1) is 12.9. The Morgan fingerprint density at radius 1 is 1.56 bits per heavy atom. The minimum Gasteiger partial charge on any atom is -0.374 e. The highest BCUT2D eigenvalue weighted by atomic mass is 16.1. The van der Waals surface area contributed by atoms with Crippen molar-refractivity contribution >= 4 is 11.6 Å². The van der Waals surface area contributed by atoms with Crippen molar-refractivity contribution in [3.63, 3.8) is 0 Å². The second-order valence-corrected chi connectivity index (χ2v) is 4.89. The Morgan fingerprint density at radius 2 is 2.33 bits per heavy atom. The van der Waals surface area contributed by atoms with Gasteiger partial charge in [-0.2, -0.15) is 0 Å². The number of hydrogen-bond donors (Lipinski definition) is 2. The van der Waals surface area contributed by atoms with Crippen LogP contribution < -0.4 is 16.0 Å². The molecular weight excluding hydrogens is 226 g/mol. The second-order valence-electron chi connectivity index (χ2n) is 4.89. The monoisotopic (exact) mass is 247 g/mol. The van der Waals surface area contributed by atoms with Gasteiger partial charge < -0.3 is 16.0 Å². The van der Waals surface area contributed by atoms with E-state index in [9.17, 15) is 4.79 Å². The van der Waals surface area contributed by atoms with Crippen molar-refractivity contribution in [2.45, 2.75) is 12.8 Å². The van der Waals surface area contributed by atoms with E-state index < -0.39 is 0 Å². The average Bonchev–Trinajstić information content (AvgIpc) is 2.76. The van der Waals surface area contributed by atoms with Crippen LogP contribution in [-0.2, 0) is 17.6 Å². The van der Waals surface area contributed by atoms with Gasteiger partial charge >= 0.3 is 0 Å². The fraction of sp³-hybridized carbons (Fsp3) is 0.500. The molecule has 0 saturated heterocycles. The quantitative estimate of drug-likeness (QED) is 0.816. The summed E-state index contributed by atoms with van der Waals surface area (Å²) in [5.74, 6) is -0.109. The SMILES string of the molecule is CNC(=O)C(CN)Cc1ccc2c(c1)CCN2C. The van der Waals surface area contributed by atoms with Crippen LogP contribution >= 0.6 is 0 Å². The topological polar surface area (TPSA) is 58.4 Å². The number of nitrogens with zero attached hydrogens (tertiary/aromatic N) is 1. The number of hydrogen-bond acceptors (Lipinski definition) is 3. The zero-order chi connectivity index (χ0) is 13.1. The first-order valence-corrected chi connectivity index (χ1v) is 6.40. The molecule has 1 aromatic rings. The lowest BCUT2D eigenvalue weighted by Gasteiger charge is -2.15. The highest BCUT2D eigenvalue weighted by Crippen LogP contribution is 2.28. The molecule has 0 spiro atoms. The molecule has 1 heterocycles. The molecule has 4 nitrogen and oxygen atoms in total. The number of amides is 1. The Morgan fingerprint density at radius 3 is 3.00 bits per heavy atom. The maximum Gasteiger partial charge on any atom is 0.224 e. The van der Waals surface area contributed by atoms with Gasteiger partial charge in [0.2, 0.25) is 5.91 Å². The lowest BCUT2D eigenvalue weighted by molar-refractivity contribution is -0.124. The molecule has 0 bridgehead atoms. The number of anilines is 1. The van der Waals surface area contributed by atoms with Gasteiger partial charge in [0.25, 0.3) is 0 Å². The van der Waals surface area contributed by atoms with Crippen LogP contribution in [0.15, 0.2) is 18.2 Å². The standard InChI is InChI=1S/C14H21N3O/c1-16-14(18)12(9-15)8-10-3-4-13-11(7-10)5-6-17(13)2/h3-4,7,12H,5-6,8-9,15H2,1-2H3,(H,16,18). The van der Waals surface area contributed by atoms with E-state index >= 15 is 0 Å². The van der Waals surface area contributed by atoms with Gasteiger partial charge in [0.05, 0.1) is 5.92 Å².